The maximum atomic E-state index is 12.9. The first-order valence-electron chi connectivity index (χ1n) is 12.8. The van der Waals surface area contributed by atoms with Gasteiger partial charge in [-0.2, -0.15) is 13.2 Å². The van der Waals surface area contributed by atoms with Crippen LogP contribution in [0.15, 0.2) is 54.6 Å². The molecule has 0 radical (unpaired) electrons. The predicted molar refractivity (Wildman–Crippen MR) is 132 cm³/mol. The Morgan fingerprint density at radius 3 is 2.42 bits per heavy atom. The largest absolute Gasteiger partial charge is 0.416 e. The molecule has 2 N–H and O–H groups in total. The highest BCUT2D eigenvalue weighted by atomic mass is 19.4. The van der Waals surface area contributed by atoms with E-state index < -0.39 is 17.6 Å². The zero-order chi connectivity index (χ0) is 25.5. The number of amides is 2. The molecule has 2 aromatic carbocycles. The van der Waals surface area contributed by atoms with E-state index >= 15 is 0 Å². The van der Waals surface area contributed by atoms with Crippen molar-refractivity contribution in [3.8, 4) is 0 Å². The minimum atomic E-state index is -4.52. The summed E-state index contributed by atoms with van der Waals surface area (Å²) < 4.78 is 38.6. The van der Waals surface area contributed by atoms with Crippen LogP contribution in [0.4, 0.5) is 13.2 Å². The van der Waals surface area contributed by atoms with Gasteiger partial charge in [-0.1, -0.05) is 36.4 Å². The van der Waals surface area contributed by atoms with Gasteiger partial charge in [-0.25, -0.2) is 0 Å². The Morgan fingerprint density at radius 2 is 1.69 bits per heavy atom. The van der Waals surface area contributed by atoms with Gasteiger partial charge < -0.3 is 10.6 Å². The summed E-state index contributed by atoms with van der Waals surface area (Å²) in [6.45, 7) is 1.48. The Hall–Kier alpha value is -2.87. The Morgan fingerprint density at radius 1 is 0.944 bits per heavy atom. The molecule has 1 aliphatic carbocycles. The minimum absolute atomic E-state index is 0.0266. The second-order valence-corrected chi connectivity index (χ2v) is 10.0. The second kappa shape index (κ2) is 11.9. The number of aryl methyl sites for hydroxylation is 1. The maximum absolute atomic E-state index is 12.9. The molecule has 36 heavy (non-hydrogen) atoms. The number of nitrogens with zero attached hydrogens (tertiary/aromatic N) is 1. The van der Waals surface area contributed by atoms with Crippen molar-refractivity contribution in [2.24, 2.45) is 5.92 Å². The van der Waals surface area contributed by atoms with E-state index in [1.807, 2.05) is 0 Å². The SMILES string of the molecule is O=C(CNC(=O)c1cccc(C(F)(F)F)c1)N[C@@H]1CCN(C2CCC(CCc3ccccc3)CC2)C1. The highest BCUT2D eigenvalue weighted by Gasteiger charge is 2.32. The van der Waals surface area contributed by atoms with Gasteiger partial charge in [0.1, 0.15) is 0 Å². The van der Waals surface area contributed by atoms with Crippen molar-refractivity contribution in [1.29, 1.82) is 0 Å². The van der Waals surface area contributed by atoms with Crippen LogP contribution < -0.4 is 10.6 Å². The molecule has 2 fully saturated rings. The standard InChI is InChI=1S/C28H34F3N3O2/c29-28(30,31)23-8-4-7-22(17-23)27(36)32-18-26(35)33-24-15-16-34(19-24)25-13-11-21(12-14-25)10-9-20-5-2-1-3-6-20/h1-8,17,21,24-25H,9-16,18-19H2,(H,32,36)(H,33,35)/t21?,24-,25?/m1/s1. The molecule has 1 heterocycles. The fraction of sp³-hybridized carbons (Fsp3) is 0.500. The molecule has 2 amide bonds. The number of nitrogens with one attached hydrogen (secondary N) is 2. The highest BCUT2D eigenvalue weighted by Crippen LogP contribution is 2.32. The topological polar surface area (TPSA) is 61.4 Å². The molecule has 0 bridgehead atoms. The average molecular weight is 502 g/mol. The van der Waals surface area contributed by atoms with Gasteiger partial charge in [-0.15, -0.1) is 0 Å². The predicted octanol–water partition coefficient (Wildman–Crippen LogP) is 4.82. The summed E-state index contributed by atoms with van der Waals surface area (Å²) in [5, 5.41) is 5.38. The fourth-order valence-corrected chi connectivity index (χ4v) is 5.43. The quantitative estimate of drug-likeness (QED) is 0.546. The molecule has 5 nitrogen and oxygen atoms in total. The Bertz CT molecular complexity index is 1020. The number of carbonyl (C=O) groups is 2. The molecule has 1 aliphatic heterocycles. The molecule has 2 aliphatic rings. The van der Waals surface area contributed by atoms with Crippen LogP contribution in [0.1, 0.15) is 60.0 Å². The number of carbonyl (C=O) groups excluding carboxylic acids is 2. The zero-order valence-corrected chi connectivity index (χ0v) is 20.4. The third-order valence-electron chi connectivity index (χ3n) is 7.46. The van der Waals surface area contributed by atoms with Crippen LogP contribution in [0.2, 0.25) is 0 Å². The summed E-state index contributed by atoms with van der Waals surface area (Å²) in [5.41, 5.74) is 0.392. The van der Waals surface area contributed by atoms with Gasteiger partial charge >= 0.3 is 6.18 Å². The molecule has 0 aromatic heterocycles. The van der Waals surface area contributed by atoms with Crippen molar-refractivity contribution >= 4 is 11.8 Å². The van der Waals surface area contributed by atoms with E-state index in [1.165, 1.54) is 49.8 Å². The Balaban J connectivity index is 1.15. The fourth-order valence-electron chi connectivity index (χ4n) is 5.43. The summed E-state index contributed by atoms with van der Waals surface area (Å²) in [5.74, 6) is -0.250. The van der Waals surface area contributed by atoms with Crippen LogP contribution in [0.25, 0.3) is 0 Å². The van der Waals surface area contributed by atoms with E-state index in [9.17, 15) is 22.8 Å². The third-order valence-corrected chi connectivity index (χ3v) is 7.46. The molecular formula is C28H34F3N3O2. The molecule has 1 atom stereocenters. The number of halogens is 3. The van der Waals surface area contributed by atoms with E-state index in [-0.39, 0.29) is 24.1 Å². The number of benzene rings is 2. The van der Waals surface area contributed by atoms with Gasteiger partial charge in [-0.05, 0) is 74.6 Å². The van der Waals surface area contributed by atoms with Gasteiger partial charge in [-0.3, -0.25) is 14.5 Å². The van der Waals surface area contributed by atoms with Crippen LogP contribution in [0.5, 0.6) is 0 Å². The van der Waals surface area contributed by atoms with Gasteiger partial charge in [0.25, 0.3) is 5.91 Å². The van der Waals surface area contributed by atoms with Crippen LogP contribution in [-0.4, -0.2) is 48.4 Å². The molecule has 8 heteroatoms. The number of alkyl halides is 3. The van der Waals surface area contributed by atoms with E-state index in [0.29, 0.717) is 6.04 Å². The van der Waals surface area contributed by atoms with Crippen LogP contribution >= 0.6 is 0 Å². The van der Waals surface area contributed by atoms with Crippen molar-refractivity contribution in [1.82, 2.24) is 15.5 Å². The third kappa shape index (κ3) is 7.32. The van der Waals surface area contributed by atoms with Crippen molar-refractivity contribution in [2.45, 2.75) is 63.2 Å². The van der Waals surface area contributed by atoms with Gasteiger partial charge in [0.2, 0.25) is 5.91 Å². The number of hydrogen-bond acceptors (Lipinski definition) is 3. The molecule has 0 spiro atoms. The van der Waals surface area contributed by atoms with Crippen molar-refractivity contribution in [3.05, 3.63) is 71.3 Å². The molecular weight excluding hydrogens is 467 g/mol. The first kappa shape index (κ1) is 26.2. The first-order chi connectivity index (χ1) is 17.3. The monoisotopic (exact) mass is 501 g/mol. The highest BCUT2D eigenvalue weighted by molar-refractivity contribution is 5.96. The molecule has 194 valence electrons. The minimum Gasteiger partial charge on any atom is -0.350 e. The summed E-state index contributed by atoms with van der Waals surface area (Å²) in [6, 6.07) is 15.4. The van der Waals surface area contributed by atoms with E-state index in [2.05, 4.69) is 45.9 Å². The number of rotatable bonds is 8. The summed E-state index contributed by atoms with van der Waals surface area (Å²) in [6.07, 6.45) is 3.57. The first-order valence-corrected chi connectivity index (χ1v) is 12.8. The van der Waals surface area contributed by atoms with Crippen molar-refractivity contribution in [2.75, 3.05) is 19.6 Å². The lowest BCUT2D eigenvalue weighted by atomic mass is 9.82. The second-order valence-electron chi connectivity index (χ2n) is 10.0. The van der Waals surface area contributed by atoms with Crippen molar-refractivity contribution < 1.29 is 22.8 Å². The van der Waals surface area contributed by atoms with Gasteiger partial charge in [0.05, 0.1) is 12.1 Å². The van der Waals surface area contributed by atoms with Crippen LogP contribution in [0, 0.1) is 5.92 Å². The van der Waals surface area contributed by atoms with Gasteiger partial charge in [0, 0.05) is 30.7 Å². The van der Waals surface area contributed by atoms with E-state index in [1.54, 1.807) is 0 Å². The smallest absolute Gasteiger partial charge is 0.350 e. The van der Waals surface area contributed by atoms with E-state index in [0.717, 1.165) is 44.0 Å². The Kier molecular flexibility index (Phi) is 8.67. The summed E-state index contributed by atoms with van der Waals surface area (Å²) in [4.78, 5) is 27.0. The lowest BCUT2D eigenvalue weighted by Crippen LogP contribution is -2.44. The van der Waals surface area contributed by atoms with Crippen LogP contribution in [-0.2, 0) is 17.4 Å². The lowest BCUT2D eigenvalue weighted by Gasteiger charge is -2.34. The molecule has 1 saturated heterocycles. The molecule has 2 aromatic rings. The number of likely N-dealkylation sites (tertiary alicyclic amines) is 1. The number of hydrogen-bond donors (Lipinski definition) is 2. The van der Waals surface area contributed by atoms with Gasteiger partial charge in [0.15, 0.2) is 0 Å². The summed E-state index contributed by atoms with van der Waals surface area (Å²) >= 11 is 0. The lowest BCUT2D eigenvalue weighted by molar-refractivity contribution is -0.137. The zero-order valence-electron chi connectivity index (χ0n) is 20.4. The maximum Gasteiger partial charge on any atom is 0.416 e. The average Bonchev–Trinajstić information content (AvgIpc) is 3.35. The molecule has 0 unspecified atom stereocenters. The van der Waals surface area contributed by atoms with E-state index in [4.69, 9.17) is 0 Å². The Labute approximate surface area is 210 Å². The summed E-state index contributed by atoms with van der Waals surface area (Å²) in [7, 11) is 0. The van der Waals surface area contributed by atoms with Crippen molar-refractivity contribution in [3.63, 3.8) is 0 Å². The molecule has 1 saturated carbocycles. The normalized spacial score (nSPS) is 22.8. The molecule has 4 rings (SSSR count). The van der Waals surface area contributed by atoms with Crippen LogP contribution in [0.3, 0.4) is 0 Å².